The van der Waals surface area contributed by atoms with E-state index in [1.807, 2.05) is 298 Å². The van der Waals surface area contributed by atoms with Crippen LogP contribution in [0.3, 0.4) is 0 Å². The zero-order valence-corrected chi connectivity index (χ0v) is 87.0. The van der Waals surface area contributed by atoms with E-state index in [1.165, 1.54) is 12.5 Å². The van der Waals surface area contributed by atoms with Crippen molar-refractivity contribution in [1.82, 2.24) is 24.5 Å². The van der Waals surface area contributed by atoms with E-state index in [4.69, 9.17) is 31.6 Å². The van der Waals surface area contributed by atoms with Gasteiger partial charge in [-0.3, -0.25) is 82.0 Å². The van der Waals surface area contributed by atoms with E-state index >= 15 is 0 Å². The molecule has 147 heavy (non-hydrogen) atoms. The molecule has 0 spiro atoms. The molecule has 0 unspecified atom stereocenters. The molecule has 750 valence electrons. The van der Waals surface area contributed by atoms with Crippen molar-refractivity contribution in [1.29, 1.82) is 0 Å². The third-order valence-electron chi connectivity index (χ3n) is 28.8. The summed E-state index contributed by atoms with van der Waals surface area (Å²) in [7, 11) is 9.82. The highest BCUT2D eigenvalue weighted by molar-refractivity contribution is 6.58. The van der Waals surface area contributed by atoms with Crippen LogP contribution in [0.5, 0.6) is 0 Å². The Morgan fingerprint density at radius 1 is 0.265 bits per heavy atom. The van der Waals surface area contributed by atoms with Gasteiger partial charge in [0.15, 0.2) is 0 Å². The van der Waals surface area contributed by atoms with E-state index in [-0.39, 0.29) is 25.2 Å². The maximum atomic E-state index is 13.1. The third kappa shape index (κ3) is 19.3. The molecule has 0 amide bonds. The Morgan fingerprint density at radius 2 is 0.503 bits per heavy atom. The van der Waals surface area contributed by atoms with Crippen molar-refractivity contribution in [3.05, 3.63) is 328 Å². The smallest absolute Gasteiger partial charge is 0.311 e. The molecule has 11 aromatic carbocycles. The Hall–Kier alpha value is -15.4. The largest absolute Gasteiger partial charge is 0.465 e. The summed E-state index contributed by atoms with van der Waals surface area (Å²) in [6, 6.07) is 58.6. The lowest BCUT2D eigenvalue weighted by atomic mass is 9.83. The summed E-state index contributed by atoms with van der Waals surface area (Å²) in [6.07, 6.45) is 1.04. The first kappa shape index (κ1) is 103. The van der Waals surface area contributed by atoms with Gasteiger partial charge in [-0.05, 0) is 262 Å². The molecule has 0 atom stereocenters. The van der Waals surface area contributed by atoms with Gasteiger partial charge in [0.25, 0.3) is 0 Å². The SMILES string of the molecule is CC(=O)OCCN(C)Cc1oc2c(c1C)C(=O)C(=O)c1c-2ccc2c(C)cccc12.CCCN(C)Cc1oc2c(c1C)C(=O)C(=O)c1c-2ccc2c(C)cccc12.CCN(C)Cc1oc2c(c1C)C(=O)C(=O)c1c-2ccc2c(C)cccc12.Cc1c(CN(C)CCOC(=O)C(C)(C)C)oc2c1C(=O)C(=O)c1c-2ccc2c(C)cccc12.Cc1c(CN(C)Cc2ccccc2)oc2c1C(=O)C(=O)c1c-2ccc2c(C)cccc12. The van der Waals surface area contributed by atoms with Gasteiger partial charge in [0.05, 0.1) is 66.0 Å². The second-order valence-corrected chi connectivity index (χ2v) is 40.3. The number of ketones is 10. The van der Waals surface area contributed by atoms with Gasteiger partial charge < -0.3 is 31.6 Å². The van der Waals surface area contributed by atoms with Crippen molar-refractivity contribution in [3.63, 3.8) is 0 Å². The number of hydrogen-bond donors (Lipinski definition) is 0. The van der Waals surface area contributed by atoms with Crippen molar-refractivity contribution in [2.75, 3.05) is 74.6 Å². The summed E-state index contributed by atoms with van der Waals surface area (Å²) in [6.45, 7) is 37.0. The summed E-state index contributed by atoms with van der Waals surface area (Å²) in [5.41, 5.74) is 17.3. The number of Topliss-reactive ketones (excluding diaryl/α,β-unsaturated/α-hetero) is 10. The number of furan rings is 5. The molecule has 21 rings (SSSR count). The fourth-order valence-corrected chi connectivity index (χ4v) is 20.5. The minimum Gasteiger partial charge on any atom is -0.465 e. The first-order valence-electron chi connectivity index (χ1n) is 49.6. The lowest BCUT2D eigenvalue weighted by Gasteiger charge is -2.19. The molecule has 0 aliphatic heterocycles. The van der Waals surface area contributed by atoms with E-state index in [1.54, 1.807) is 6.92 Å². The number of rotatable bonds is 21. The zero-order valence-electron chi connectivity index (χ0n) is 87.0. The number of likely N-dealkylation sites (N-methyl/N-ethyl adjacent to an activating group) is 2. The molecule has 5 aliphatic rings. The lowest BCUT2D eigenvalue weighted by molar-refractivity contribution is -0.153. The van der Waals surface area contributed by atoms with Crippen LogP contribution >= 0.6 is 0 Å². The van der Waals surface area contributed by atoms with Crippen molar-refractivity contribution >= 4 is 124 Å². The van der Waals surface area contributed by atoms with Crippen LogP contribution in [0.15, 0.2) is 204 Å². The Balaban J connectivity index is 0.000000126. The summed E-state index contributed by atoms with van der Waals surface area (Å²) < 4.78 is 41.2. The molecule has 24 nitrogen and oxygen atoms in total. The molecule has 0 saturated heterocycles. The van der Waals surface area contributed by atoms with Gasteiger partial charge >= 0.3 is 11.9 Å². The lowest BCUT2D eigenvalue weighted by Crippen LogP contribution is -2.28. The van der Waals surface area contributed by atoms with Gasteiger partial charge in [-0.15, -0.1) is 0 Å². The second kappa shape index (κ2) is 41.6. The van der Waals surface area contributed by atoms with Crippen LogP contribution in [0.2, 0.25) is 0 Å². The normalized spacial score (nSPS) is 13.2. The summed E-state index contributed by atoms with van der Waals surface area (Å²) >= 11 is 0. The molecule has 0 fully saturated rings. The maximum Gasteiger partial charge on any atom is 0.311 e. The highest BCUT2D eigenvalue weighted by Crippen LogP contribution is 2.49. The van der Waals surface area contributed by atoms with Crippen LogP contribution in [0.25, 0.3) is 110 Å². The molecule has 5 aromatic heterocycles. The molecule has 24 heteroatoms. The fraction of sp³-hybridized carbons (Fsp3) is 0.285. The van der Waals surface area contributed by atoms with Crippen molar-refractivity contribution < 1.29 is 89.1 Å². The number of carbonyl (C=O) groups excluding carboxylic acids is 12. The van der Waals surface area contributed by atoms with E-state index < -0.39 is 63.2 Å². The van der Waals surface area contributed by atoms with Crippen molar-refractivity contribution in [2.24, 2.45) is 5.41 Å². The quantitative estimate of drug-likeness (QED) is 0.0476. The predicted molar refractivity (Wildman–Crippen MR) is 569 cm³/mol. The molecule has 0 N–H and O–H groups in total. The topological polar surface area (TPSA) is 305 Å². The van der Waals surface area contributed by atoms with Crippen LogP contribution in [-0.2, 0) is 58.3 Å². The Morgan fingerprint density at radius 3 is 0.748 bits per heavy atom. The zero-order chi connectivity index (χ0) is 105. The standard InChI is InChI=1S/C27H29NO5.C27H23NO3.C24H23NO5.C23H23NO3.C22H21NO3/c1-15-8-7-9-18-17(15)10-11-19-22(18)24(30)23(29)21-16(2)20(33-25(19)21)14-28(6)12-13-32-26(31)27(3,4)5;1-16-8-7-11-20-19(16)12-13-21-24(20)26(30)25(29)23-17(2)22(31-27(21)23)15-28(3)14-18-9-5-4-6-10-18;1-13-6-5-7-17-16(13)8-9-18-21(17)23(28)22(27)20-14(2)19(30-24(18)20)12-25(4)10-11-29-15(3)26;1-5-11-24(4)12-18-14(3)19-21(25)22(26)20-16-8-6-7-13(2)15(16)9-10-17(20)23(19)27-18;1-5-23(4)11-17-13(3)18-20(24)21(25)19-15-8-6-7-12(2)14(15)9-10-16(19)22(18)26-17/h7-11H,12-14H2,1-6H3;4-13H,14-15H2,1-3H3;5-9H,10-12H2,1-4H3;6-10H,5,11-12H2,1-4H3;6-10H,5,11H2,1-4H3. The van der Waals surface area contributed by atoms with Gasteiger partial charge in [0.1, 0.15) is 70.8 Å². The number of esters is 2. The highest BCUT2D eigenvalue weighted by Gasteiger charge is 2.44. The van der Waals surface area contributed by atoms with Crippen LogP contribution in [0.1, 0.15) is 242 Å². The molecule has 0 bridgehead atoms. The van der Waals surface area contributed by atoms with E-state index in [9.17, 15) is 57.5 Å². The number of aryl methyl sites for hydroxylation is 5. The summed E-state index contributed by atoms with van der Waals surface area (Å²) in [5, 5.41) is 8.84. The predicted octanol–water partition coefficient (Wildman–Crippen LogP) is 24.4. The van der Waals surface area contributed by atoms with Gasteiger partial charge in [-0.25, -0.2) is 0 Å². The number of fused-ring (bicyclic) bond motifs is 25. The molecule has 5 heterocycles. The average molecular weight is 1970 g/mol. The number of ether oxygens (including phenoxy) is 2. The van der Waals surface area contributed by atoms with Crippen LogP contribution in [0.4, 0.5) is 0 Å². The third-order valence-corrected chi connectivity index (χ3v) is 28.8. The Kier molecular flexibility index (Phi) is 29.1. The first-order valence-corrected chi connectivity index (χ1v) is 49.6. The first-order chi connectivity index (χ1) is 70.1. The molecule has 16 aromatic rings. The van der Waals surface area contributed by atoms with Crippen molar-refractivity contribution in [2.45, 2.75) is 156 Å². The van der Waals surface area contributed by atoms with Crippen LogP contribution in [-0.4, -0.2) is 169 Å². The monoisotopic (exact) mass is 1970 g/mol. The van der Waals surface area contributed by atoms with E-state index in [2.05, 4.69) is 40.7 Å². The summed E-state index contributed by atoms with van der Waals surface area (Å²) in [4.78, 5) is 163. The second-order valence-electron chi connectivity index (χ2n) is 40.3. The van der Waals surface area contributed by atoms with Gasteiger partial charge in [-0.1, -0.05) is 166 Å². The fourth-order valence-electron chi connectivity index (χ4n) is 20.5. The van der Waals surface area contributed by atoms with Crippen LogP contribution in [0, 0.1) is 74.7 Å². The minimum absolute atomic E-state index is 0.247. The number of carbonyl (C=O) groups is 12. The molecule has 0 saturated carbocycles. The van der Waals surface area contributed by atoms with Gasteiger partial charge in [0, 0.05) is 110 Å². The average Bonchev–Trinajstić information content (AvgIpc) is 1.62. The molecule has 0 radical (unpaired) electrons. The van der Waals surface area contributed by atoms with Gasteiger partial charge in [0.2, 0.25) is 57.8 Å². The molecular formula is C123H119N5O19. The van der Waals surface area contributed by atoms with Crippen LogP contribution < -0.4 is 0 Å². The maximum absolute atomic E-state index is 13.1. The van der Waals surface area contributed by atoms with Crippen molar-refractivity contribution in [3.8, 4) is 56.6 Å². The molecule has 5 aliphatic carbocycles. The molecular weight excluding hydrogens is 1850 g/mol. The minimum atomic E-state index is -0.543. The Labute approximate surface area is 852 Å². The van der Waals surface area contributed by atoms with E-state index in [0.717, 1.165) is 153 Å². The van der Waals surface area contributed by atoms with Gasteiger partial charge in [-0.2, -0.15) is 0 Å². The number of benzene rings is 11. The number of nitrogens with zero attached hydrogens (tertiary/aromatic N) is 5. The number of hydrogen-bond acceptors (Lipinski definition) is 24. The highest BCUT2D eigenvalue weighted by atomic mass is 16.5. The van der Waals surface area contributed by atoms with E-state index in [0.29, 0.717) is 170 Å². The summed E-state index contributed by atoms with van der Waals surface area (Å²) in [5.74, 6) is 0.642. The Bertz CT molecular complexity index is 8210.